The molecule has 156 valence electrons. The van der Waals surface area contributed by atoms with Crippen molar-refractivity contribution in [3.63, 3.8) is 0 Å². The van der Waals surface area contributed by atoms with Crippen molar-refractivity contribution in [3.05, 3.63) is 36.2 Å². The molecule has 2 aromatic rings. The molecule has 2 heterocycles. The van der Waals surface area contributed by atoms with Gasteiger partial charge in [0.1, 0.15) is 0 Å². The number of anilines is 1. The second kappa shape index (κ2) is 11.9. The van der Waals surface area contributed by atoms with Crippen molar-refractivity contribution in [3.8, 4) is 11.1 Å². The highest BCUT2D eigenvalue weighted by Crippen LogP contribution is 2.33. The Hall–Kier alpha value is -1.77. The number of hydrogen-bond acceptors (Lipinski definition) is 2. The fraction of sp³-hybridized carbons (Fsp3) is 0.640. The van der Waals surface area contributed by atoms with Gasteiger partial charge in [-0.3, -0.25) is 4.68 Å². The van der Waals surface area contributed by atoms with Crippen molar-refractivity contribution in [2.75, 3.05) is 18.5 Å². The average molecular weight is 384 g/mol. The summed E-state index contributed by atoms with van der Waals surface area (Å²) >= 11 is 0. The molecule has 0 spiro atoms. The summed E-state index contributed by atoms with van der Waals surface area (Å²) in [5.74, 6) is 0.793. The lowest BCUT2D eigenvalue weighted by Gasteiger charge is -2.33. The van der Waals surface area contributed by atoms with E-state index in [9.17, 15) is 0 Å². The number of nitrogens with zero attached hydrogens (tertiary/aromatic N) is 3. The minimum absolute atomic E-state index is 0.793. The molecule has 0 radical (unpaired) electrons. The van der Waals surface area contributed by atoms with Gasteiger partial charge in [0.15, 0.2) is 0 Å². The maximum absolute atomic E-state index is 4.27. The lowest BCUT2D eigenvalue weighted by Crippen LogP contribution is -2.32. The second-order valence-corrected chi connectivity index (χ2v) is 8.40. The molecule has 0 bridgehead atoms. The molecule has 1 aromatic carbocycles. The molecular weight excluding hydrogens is 342 g/mol. The van der Waals surface area contributed by atoms with Crippen LogP contribution in [0.25, 0.3) is 11.1 Å². The smallest absolute Gasteiger partial charge is 0.0568 e. The summed E-state index contributed by atoms with van der Waals surface area (Å²) < 4.78 is 1.86. The van der Waals surface area contributed by atoms with Gasteiger partial charge in [-0.25, -0.2) is 0 Å². The van der Waals surface area contributed by atoms with E-state index in [1.165, 1.54) is 86.7 Å². The summed E-state index contributed by atoms with van der Waals surface area (Å²) in [5.41, 5.74) is 5.36. The normalized spacial score (nSPS) is 15.8. The molecule has 3 rings (SSSR count). The third kappa shape index (κ3) is 6.68. The summed E-state index contributed by atoms with van der Waals surface area (Å²) in [5, 5.41) is 4.27. The minimum Gasteiger partial charge on any atom is -0.374 e. The van der Waals surface area contributed by atoms with Gasteiger partial charge in [-0.15, -0.1) is 0 Å². The molecular formula is C25H41N3. The Labute approximate surface area is 173 Å². The van der Waals surface area contributed by atoms with E-state index in [0.717, 1.165) is 5.92 Å². The number of benzene rings is 1. The van der Waals surface area contributed by atoms with Gasteiger partial charge in [-0.2, -0.15) is 5.10 Å². The van der Waals surface area contributed by atoms with E-state index in [1.54, 1.807) is 0 Å². The van der Waals surface area contributed by atoms with Gasteiger partial charge in [-0.1, -0.05) is 71.8 Å². The van der Waals surface area contributed by atoms with Gasteiger partial charge in [0.05, 0.1) is 6.20 Å². The van der Waals surface area contributed by atoms with E-state index in [2.05, 4.69) is 62.2 Å². The van der Waals surface area contributed by atoms with Crippen molar-refractivity contribution in [1.29, 1.82) is 0 Å². The molecule has 3 nitrogen and oxygen atoms in total. The van der Waals surface area contributed by atoms with Crippen molar-refractivity contribution in [2.45, 2.75) is 78.6 Å². The number of unbranched alkanes of at least 4 members (excludes halogenated alkanes) is 5. The fourth-order valence-corrected chi connectivity index (χ4v) is 4.19. The average Bonchev–Trinajstić information content (AvgIpc) is 3.12. The Morgan fingerprint density at radius 2 is 1.64 bits per heavy atom. The molecule has 1 aliphatic heterocycles. The fourth-order valence-electron chi connectivity index (χ4n) is 4.19. The summed E-state index contributed by atoms with van der Waals surface area (Å²) in [4.78, 5) is 2.41. The van der Waals surface area contributed by atoms with E-state index in [-0.39, 0.29) is 0 Å². The molecule has 1 aliphatic rings. The standard InChI is InChI=1S/C17H23N3.C8H18/c1-4-5-13-8-15-9-14(16-10-18-20(3)12-16)6-7-17(15)19(2)11-13;1-3-5-7-8-6-4-2/h6-7,9-10,12-13H,4-5,8,11H2,1-3H3;3-8H2,1-2H3/t13-;/m1./s1. The Kier molecular flexibility index (Phi) is 9.60. The largest absolute Gasteiger partial charge is 0.374 e. The first kappa shape index (κ1) is 22.5. The quantitative estimate of drug-likeness (QED) is 0.464. The second-order valence-electron chi connectivity index (χ2n) is 8.40. The molecule has 1 aromatic heterocycles. The van der Waals surface area contributed by atoms with Crippen LogP contribution in [0, 0.1) is 5.92 Å². The van der Waals surface area contributed by atoms with Gasteiger partial charge >= 0.3 is 0 Å². The zero-order valence-corrected chi connectivity index (χ0v) is 18.9. The highest BCUT2D eigenvalue weighted by Gasteiger charge is 2.22. The molecule has 3 heteroatoms. The van der Waals surface area contributed by atoms with E-state index in [4.69, 9.17) is 0 Å². The Morgan fingerprint density at radius 3 is 2.21 bits per heavy atom. The highest BCUT2D eigenvalue weighted by atomic mass is 15.2. The van der Waals surface area contributed by atoms with Gasteiger partial charge in [-0.05, 0) is 42.0 Å². The number of hydrogen-bond donors (Lipinski definition) is 0. The van der Waals surface area contributed by atoms with Crippen LogP contribution in [-0.4, -0.2) is 23.4 Å². The summed E-state index contributed by atoms with van der Waals surface area (Å²) in [7, 11) is 4.18. The topological polar surface area (TPSA) is 21.1 Å². The first-order valence-corrected chi connectivity index (χ1v) is 11.4. The predicted molar refractivity (Wildman–Crippen MR) is 123 cm³/mol. The predicted octanol–water partition coefficient (Wildman–Crippen LogP) is 6.86. The summed E-state index contributed by atoms with van der Waals surface area (Å²) in [6, 6.07) is 6.83. The number of rotatable bonds is 8. The van der Waals surface area contributed by atoms with Crippen LogP contribution in [0.3, 0.4) is 0 Å². The Balaban J connectivity index is 0.000000300. The van der Waals surface area contributed by atoms with Gasteiger partial charge in [0.25, 0.3) is 0 Å². The first-order valence-electron chi connectivity index (χ1n) is 11.4. The number of fused-ring (bicyclic) bond motifs is 1. The van der Waals surface area contributed by atoms with Gasteiger partial charge in [0, 0.05) is 38.1 Å². The molecule has 0 aliphatic carbocycles. The number of aromatic nitrogens is 2. The molecule has 0 saturated carbocycles. The van der Waals surface area contributed by atoms with Crippen LogP contribution in [0.1, 0.15) is 77.7 Å². The van der Waals surface area contributed by atoms with E-state index in [1.807, 2.05) is 17.9 Å². The lowest BCUT2D eigenvalue weighted by molar-refractivity contribution is 0.462. The van der Waals surface area contributed by atoms with Crippen LogP contribution in [0.5, 0.6) is 0 Å². The van der Waals surface area contributed by atoms with Crippen LogP contribution in [0.2, 0.25) is 0 Å². The maximum Gasteiger partial charge on any atom is 0.0568 e. The number of aryl methyl sites for hydroxylation is 1. The van der Waals surface area contributed by atoms with Crippen molar-refractivity contribution >= 4 is 5.69 Å². The molecule has 0 fully saturated rings. The monoisotopic (exact) mass is 383 g/mol. The third-order valence-corrected chi connectivity index (χ3v) is 5.72. The SMILES string of the molecule is CCCCCCCC.CCC[C@@H]1Cc2cc(-c3cnn(C)c3)ccc2N(C)C1. The lowest BCUT2D eigenvalue weighted by atomic mass is 9.88. The Morgan fingerprint density at radius 1 is 0.929 bits per heavy atom. The van der Waals surface area contributed by atoms with Crippen molar-refractivity contribution in [1.82, 2.24) is 9.78 Å². The van der Waals surface area contributed by atoms with Crippen molar-refractivity contribution < 1.29 is 0 Å². The van der Waals surface area contributed by atoms with E-state index in [0.29, 0.717) is 0 Å². The third-order valence-electron chi connectivity index (χ3n) is 5.72. The maximum atomic E-state index is 4.27. The summed E-state index contributed by atoms with van der Waals surface area (Å²) in [6.07, 6.45) is 16.3. The highest BCUT2D eigenvalue weighted by molar-refractivity contribution is 5.68. The zero-order valence-electron chi connectivity index (χ0n) is 18.9. The zero-order chi connectivity index (χ0) is 20.4. The van der Waals surface area contributed by atoms with Gasteiger partial charge < -0.3 is 4.90 Å². The minimum atomic E-state index is 0.793. The van der Waals surface area contributed by atoms with Crippen LogP contribution in [0.4, 0.5) is 5.69 Å². The first-order chi connectivity index (χ1) is 13.6. The van der Waals surface area contributed by atoms with Crippen LogP contribution in [-0.2, 0) is 13.5 Å². The molecule has 28 heavy (non-hydrogen) atoms. The molecule has 0 saturated heterocycles. The molecule has 0 N–H and O–H groups in total. The van der Waals surface area contributed by atoms with Crippen LogP contribution >= 0.6 is 0 Å². The van der Waals surface area contributed by atoms with E-state index < -0.39 is 0 Å². The summed E-state index contributed by atoms with van der Waals surface area (Å²) in [6.45, 7) is 7.98. The molecule has 0 unspecified atom stereocenters. The van der Waals surface area contributed by atoms with Crippen molar-refractivity contribution in [2.24, 2.45) is 13.0 Å². The molecule has 1 atom stereocenters. The Bertz CT molecular complexity index is 683. The van der Waals surface area contributed by atoms with E-state index >= 15 is 0 Å². The van der Waals surface area contributed by atoms with Crippen LogP contribution < -0.4 is 4.90 Å². The van der Waals surface area contributed by atoms with Gasteiger partial charge in [0.2, 0.25) is 0 Å². The van der Waals surface area contributed by atoms with Crippen LogP contribution in [0.15, 0.2) is 30.6 Å². The molecule has 0 amide bonds.